The molecule has 0 N–H and O–H groups in total. The van der Waals surface area contributed by atoms with E-state index in [1.165, 1.54) is 5.56 Å². The van der Waals surface area contributed by atoms with E-state index in [4.69, 9.17) is 0 Å². The van der Waals surface area contributed by atoms with Gasteiger partial charge in [-0.25, -0.2) is 0 Å². The van der Waals surface area contributed by atoms with Gasteiger partial charge in [-0.2, -0.15) is 0 Å². The first kappa shape index (κ1) is 20.6. The predicted molar refractivity (Wildman–Crippen MR) is 118 cm³/mol. The second kappa shape index (κ2) is 9.43. The van der Waals surface area contributed by atoms with Crippen molar-refractivity contribution in [1.82, 2.24) is 14.7 Å². The molecule has 1 atom stereocenters. The Morgan fingerprint density at radius 2 is 1.83 bits per heavy atom. The average Bonchev–Trinajstić information content (AvgIpc) is 3.12. The van der Waals surface area contributed by atoms with E-state index in [0.29, 0.717) is 19.5 Å². The summed E-state index contributed by atoms with van der Waals surface area (Å²) in [7, 11) is 1.92. The number of carbonyl (C=O) groups is 2. The summed E-state index contributed by atoms with van der Waals surface area (Å²) in [5, 5.41) is 0. The molecule has 2 amide bonds. The van der Waals surface area contributed by atoms with Gasteiger partial charge in [-0.05, 0) is 43.0 Å². The van der Waals surface area contributed by atoms with Crippen molar-refractivity contribution in [3.8, 4) is 0 Å². The second-order valence-electron chi connectivity index (χ2n) is 8.47. The average molecular weight is 406 g/mol. The van der Waals surface area contributed by atoms with E-state index in [9.17, 15) is 9.59 Å². The molecule has 0 radical (unpaired) electrons. The van der Waals surface area contributed by atoms with Crippen LogP contribution in [0.3, 0.4) is 0 Å². The fraction of sp³-hybridized carbons (Fsp3) is 0.440. The molecule has 158 valence electrons. The van der Waals surface area contributed by atoms with E-state index < -0.39 is 0 Å². The third kappa shape index (κ3) is 4.73. The molecule has 5 nitrogen and oxygen atoms in total. The molecule has 1 fully saturated rings. The summed E-state index contributed by atoms with van der Waals surface area (Å²) in [4.78, 5) is 31.5. The van der Waals surface area contributed by atoms with Gasteiger partial charge in [-0.15, -0.1) is 0 Å². The molecular formula is C25H31N3O2. The highest BCUT2D eigenvalue weighted by Gasteiger charge is 2.29. The van der Waals surface area contributed by atoms with Gasteiger partial charge in [0.05, 0.1) is 0 Å². The van der Waals surface area contributed by atoms with Crippen LogP contribution in [0.4, 0.5) is 0 Å². The summed E-state index contributed by atoms with van der Waals surface area (Å²) in [5.41, 5.74) is 3.20. The van der Waals surface area contributed by atoms with E-state index in [1.54, 1.807) is 4.90 Å². The summed E-state index contributed by atoms with van der Waals surface area (Å²) in [6.07, 6.45) is 3.61. The first-order valence-electron chi connectivity index (χ1n) is 11.0. The van der Waals surface area contributed by atoms with Crippen LogP contribution in [0, 0.1) is 0 Å². The third-order valence-corrected chi connectivity index (χ3v) is 6.47. The Morgan fingerprint density at radius 1 is 1.07 bits per heavy atom. The quantitative estimate of drug-likeness (QED) is 0.711. The van der Waals surface area contributed by atoms with Crippen LogP contribution in [0.5, 0.6) is 0 Å². The molecule has 2 aliphatic rings. The molecule has 2 heterocycles. The molecule has 2 aromatic carbocycles. The fourth-order valence-corrected chi connectivity index (χ4v) is 4.59. The molecule has 0 aromatic heterocycles. The van der Waals surface area contributed by atoms with Crippen LogP contribution in [0.25, 0.3) is 0 Å². The van der Waals surface area contributed by atoms with Crippen LogP contribution in [0.1, 0.15) is 40.7 Å². The number of carbonyl (C=O) groups excluding carboxylic acids is 2. The standard InChI is InChI=1S/C25H31N3O2/c1-26(22-11-7-15-27(19-22)16-13-20-8-3-2-4-9-20)24(29)14-17-28-18-21-10-5-6-12-23(21)25(28)30/h2-6,8-10,12,22H,7,11,13-19H2,1H3. The Labute approximate surface area is 179 Å². The largest absolute Gasteiger partial charge is 0.341 e. The molecule has 4 rings (SSSR count). The van der Waals surface area contributed by atoms with Crippen LogP contribution in [0.2, 0.25) is 0 Å². The van der Waals surface area contributed by atoms with Crippen molar-refractivity contribution in [3.63, 3.8) is 0 Å². The van der Waals surface area contributed by atoms with E-state index in [2.05, 4.69) is 35.2 Å². The fourth-order valence-electron chi connectivity index (χ4n) is 4.59. The van der Waals surface area contributed by atoms with Crippen LogP contribution >= 0.6 is 0 Å². The highest BCUT2D eigenvalue weighted by Crippen LogP contribution is 2.23. The number of likely N-dealkylation sites (N-methyl/N-ethyl adjacent to an activating group) is 1. The normalized spacial score (nSPS) is 19.0. The Hall–Kier alpha value is -2.66. The molecule has 2 aliphatic heterocycles. The SMILES string of the molecule is CN(C(=O)CCN1Cc2ccccc2C1=O)C1CCCN(CCc2ccccc2)C1. The lowest BCUT2D eigenvalue weighted by Gasteiger charge is -2.38. The van der Waals surface area contributed by atoms with E-state index in [-0.39, 0.29) is 17.9 Å². The van der Waals surface area contributed by atoms with Crippen molar-refractivity contribution in [3.05, 3.63) is 71.3 Å². The first-order chi connectivity index (χ1) is 14.6. The second-order valence-corrected chi connectivity index (χ2v) is 8.47. The zero-order valence-corrected chi connectivity index (χ0v) is 17.8. The van der Waals surface area contributed by atoms with Gasteiger partial charge < -0.3 is 14.7 Å². The van der Waals surface area contributed by atoms with Gasteiger partial charge >= 0.3 is 0 Å². The molecule has 0 saturated carbocycles. The number of fused-ring (bicyclic) bond motifs is 1. The number of benzene rings is 2. The summed E-state index contributed by atoms with van der Waals surface area (Å²) in [6, 6.07) is 18.6. The van der Waals surface area contributed by atoms with E-state index in [0.717, 1.165) is 50.0 Å². The van der Waals surface area contributed by atoms with Gasteiger partial charge in [0, 0.05) is 51.3 Å². The predicted octanol–water partition coefficient (Wildman–Crippen LogP) is 3.20. The van der Waals surface area contributed by atoms with Gasteiger partial charge in [0.2, 0.25) is 5.91 Å². The molecule has 1 saturated heterocycles. The maximum absolute atomic E-state index is 12.8. The number of amides is 2. The zero-order valence-electron chi connectivity index (χ0n) is 17.8. The van der Waals surface area contributed by atoms with Crippen molar-refractivity contribution in [2.24, 2.45) is 0 Å². The van der Waals surface area contributed by atoms with Crippen LogP contribution in [0.15, 0.2) is 54.6 Å². The summed E-state index contributed by atoms with van der Waals surface area (Å²) >= 11 is 0. The van der Waals surface area contributed by atoms with Gasteiger partial charge in [0.1, 0.15) is 0 Å². The highest BCUT2D eigenvalue weighted by molar-refractivity contribution is 5.98. The summed E-state index contributed by atoms with van der Waals surface area (Å²) < 4.78 is 0. The lowest BCUT2D eigenvalue weighted by molar-refractivity contribution is -0.133. The monoisotopic (exact) mass is 405 g/mol. The zero-order chi connectivity index (χ0) is 20.9. The number of rotatable bonds is 7. The Bertz CT molecular complexity index is 883. The van der Waals surface area contributed by atoms with Crippen molar-refractivity contribution in [2.45, 2.75) is 38.3 Å². The highest BCUT2D eigenvalue weighted by atomic mass is 16.2. The van der Waals surface area contributed by atoms with Gasteiger partial charge in [-0.1, -0.05) is 48.5 Å². The minimum Gasteiger partial charge on any atom is -0.341 e. The minimum atomic E-state index is 0.0470. The first-order valence-corrected chi connectivity index (χ1v) is 11.0. The third-order valence-electron chi connectivity index (χ3n) is 6.47. The van der Waals surface area contributed by atoms with Crippen molar-refractivity contribution >= 4 is 11.8 Å². The summed E-state index contributed by atoms with van der Waals surface area (Å²) in [5.74, 6) is 0.180. The van der Waals surface area contributed by atoms with Gasteiger partial charge in [0.15, 0.2) is 0 Å². The van der Waals surface area contributed by atoms with E-state index in [1.807, 2.05) is 36.2 Å². The van der Waals surface area contributed by atoms with Crippen molar-refractivity contribution in [2.75, 3.05) is 33.2 Å². The maximum Gasteiger partial charge on any atom is 0.254 e. The van der Waals surface area contributed by atoms with Gasteiger partial charge in [0.25, 0.3) is 5.91 Å². The number of likely N-dealkylation sites (tertiary alicyclic amines) is 1. The topological polar surface area (TPSA) is 43.9 Å². The van der Waals surface area contributed by atoms with E-state index >= 15 is 0 Å². The van der Waals surface area contributed by atoms with Crippen LogP contribution in [-0.4, -0.2) is 65.8 Å². The van der Waals surface area contributed by atoms with Crippen molar-refractivity contribution in [1.29, 1.82) is 0 Å². The molecular weight excluding hydrogens is 374 g/mol. The number of hydrogen-bond donors (Lipinski definition) is 0. The molecule has 5 heteroatoms. The number of nitrogens with zero attached hydrogens (tertiary/aromatic N) is 3. The molecule has 0 bridgehead atoms. The number of hydrogen-bond acceptors (Lipinski definition) is 3. The summed E-state index contributed by atoms with van der Waals surface area (Å²) in [6.45, 7) is 4.17. The molecule has 0 aliphatic carbocycles. The van der Waals surface area contributed by atoms with Gasteiger partial charge in [-0.3, -0.25) is 9.59 Å². The lowest BCUT2D eigenvalue weighted by atomic mass is 10.0. The van der Waals surface area contributed by atoms with Crippen molar-refractivity contribution < 1.29 is 9.59 Å². The molecule has 30 heavy (non-hydrogen) atoms. The smallest absolute Gasteiger partial charge is 0.254 e. The minimum absolute atomic E-state index is 0.0470. The molecule has 0 spiro atoms. The number of piperidine rings is 1. The molecule has 2 aromatic rings. The maximum atomic E-state index is 12.8. The Balaban J connectivity index is 1.25. The Kier molecular flexibility index (Phi) is 6.48. The lowest BCUT2D eigenvalue weighted by Crippen LogP contribution is -2.49. The van der Waals surface area contributed by atoms with Crippen LogP contribution in [-0.2, 0) is 17.8 Å². The Morgan fingerprint density at radius 3 is 2.63 bits per heavy atom. The molecule has 1 unspecified atom stereocenters. The van der Waals surface area contributed by atoms with Crippen LogP contribution < -0.4 is 0 Å².